The number of nitrogens with zero attached hydrogens (tertiary/aromatic N) is 1. The number of rotatable bonds is 6. The molecule has 0 spiro atoms. The van der Waals surface area contributed by atoms with Crippen LogP contribution in [0.3, 0.4) is 0 Å². The van der Waals surface area contributed by atoms with Crippen molar-refractivity contribution in [2.24, 2.45) is 0 Å². The van der Waals surface area contributed by atoms with Crippen LogP contribution in [0.1, 0.15) is 28.4 Å². The SMILES string of the molecule is CCOc1ccc(Br)cc1/C=C1\SC(=O)N(CC(=O)c2ccc(C)cc2)C1=O. The summed E-state index contributed by atoms with van der Waals surface area (Å²) in [5, 5.41) is -0.454. The van der Waals surface area contributed by atoms with E-state index in [-0.39, 0.29) is 17.2 Å². The molecule has 0 atom stereocenters. The Balaban J connectivity index is 1.82. The van der Waals surface area contributed by atoms with E-state index < -0.39 is 11.1 Å². The van der Waals surface area contributed by atoms with Gasteiger partial charge in [0.15, 0.2) is 5.78 Å². The fourth-order valence-electron chi connectivity index (χ4n) is 2.67. The second-order valence-electron chi connectivity index (χ2n) is 6.17. The number of carbonyl (C=O) groups excluding carboxylic acids is 3. The highest BCUT2D eigenvalue weighted by Gasteiger charge is 2.36. The molecule has 0 bridgehead atoms. The zero-order chi connectivity index (χ0) is 20.3. The van der Waals surface area contributed by atoms with E-state index in [9.17, 15) is 14.4 Å². The smallest absolute Gasteiger partial charge is 0.293 e. The number of benzene rings is 2. The van der Waals surface area contributed by atoms with Crippen molar-refractivity contribution >= 4 is 50.7 Å². The Labute approximate surface area is 175 Å². The molecule has 2 aromatic carbocycles. The lowest BCUT2D eigenvalue weighted by molar-refractivity contribution is -0.122. The number of hydrogen-bond donors (Lipinski definition) is 0. The normalized spacial score (nSPS) is 15.4. The molecule has 1 saturated heterocycles. The molecule has 1 aliphatic rings. The predicted molar refractivity (Wildman–Crippen MR) is 113 cm³/mol. The molecule has 3 rings (SSSR count). The minimum atomic E-state index is -0.474. The average molecular weight is 460 g/mol. The van der Waals surface area contributed by atoms with Crippen LogP contribution in [0.2, 0.25) is 0 Å². The predicted octanol–water partition coefficient (Wildman–Crippen LogP) is 5.08. The standard InChI is InChI=1S/C21H18BrNO4S/c1-3-27-18-9-8-16(22)10-15(18)11-19-20(25)23(21(26)28-19)12-17(24)14-6-4-13(2)5-7-14/h4-11H,3,12H2,1-2H3/b19-11-. The Morgan fingerprint density at radius 1 is 1.18 bits per heavy atom. The van der Waals surface area contributed by atoms with E-state index in [4.69, 9.17) is 4.74 Å². The van der Waals surface area contributed by atoms with Crippen LogP contribution < -0.4 is 4.74 Å². The number of carbonyl (C=O) groups is 3. The fraction of sp³-hybridized carbons (Fsp3) is 0.190. The average Bonchev–Trinajstić information content (AvgIpc) is 2.92. The van der Waals surface area contributed by atoms with Crippen LogP contribution in [0.25, 0.3) is 6.08 Å². The number of ketones is 1. The second-order valence-corrected chi connectivity index (χ2v) is 8.08. The van der Waals surface area contributed by atoms with Gasteiger partial charge in [-0.05, 0) is 49.9 Å². The van der Waals surface area contributed by atoms with Crippen molar-refractivity contribution in [1.29, 1.82) is 0 Å². The highest BCUT2D eigenvalue weighted by molar-refractivity contribution is 9.10. The van der Waals surface area contributed by atoms with Crippen molar-refractivity contribution in [1.82, 2.24) is 4.90 Å². The first kappa shape index (κ1) is 20.4. The van der Waals surface area contributed by atoms with E-state index in [1.807, 2.05) is 38.1 Å². The number of Topliss-reactive ketones (excluding diaryl/α,β-unsaturated/α-hetero) is 1. The van der Waals surface area contributed by atoms with Crippen molar-refractivity contribution in [2.75, 3.05) is 13.2 Å². The number of aryl methyl sites for hydroxylation is 1. The maximum atomic E-state index is 12.7. The molecule has 5 nitrogen and oxygen atoms in total. The third-order valence-electron chi connectivity index (χ3n) is 4.11. The van der Waals surface area contributed by atoms with Crippen molar-refractivity contribution in [2.45, 2.75) is 13.8 Å². The van der Waals surface area contributed by atoms with Gasteiger partial charge in [0.05, 0.1) is 18.1 Å². The molecule has 28 heavy (non-hydrogen) atoms. The first-order chi connectivity index (χ1) is 13.4. The van der Waals surface area contributed by atoms with Crippen molar-refractivity contribution in [3.63, 3.8) is 0 Å². The maximum Gasteiger partial charge on any atom is 0.293 e. The molecule has 2 aromatic rings. The first-order valence-corrected chi connectivity index (χ1v) is 10.3. The van der Waals surface area contributed by atoms with Gasteiger partial charge >= 0.3 is 0 Å². The molecule has 0 aliphatic carbocycles. The van der Waals surface area contributed by atoms with Gasteiger partial charge in [0.1, 0.15) is 5.75 Å². The lowest BCUT2D eigenvalue weighted by Crippen LogP contribution is -2.33. The Morgan fingerprint density at radius 3 is 2.57 bits per heavy atom. The number of ether oxygens (including phenoxy) is 1. The zero-order valence-electron chi connectivity index (χ0n) is 15.4. The third-order valence-corrected chi connectivity index (χ3v) is 5.51. The van der Waals surface area contributed by atoms with Crippen molar-refractivity contribution in [3.8, 4) is 5.75 Å². The Bertz CT molecular complexity index is 969. The summed E-state index contributed by atoms with van der Waals surface area (Å²) in [6.45, 7) is 4.00. The molecule has 0 saturated carbocycles. The number of thioether (sulfide) groups is 1. The van der Waals surface area contributed by atoms with Crippen LogP contribution in [0.15, 0.2) is 51.8 Å². The molecule has 0 unspecified atom stereocenters. The summed E-state index contributed by atoms with van der Waals surface area (Å²) >= 11 is 4.23. The second kappa shape index (κ2) is 8.75. The first-order valence-electron chi connectivity index (χ1n) is 8.66. The number of hydrogen-bond acceptors (Lipinski definition) is 5. The molecular weight excluding hydrogens is 442 g/mol. The van der Waals surface area contributed by atoms with Gasteiger partial charge in [0.25, 0.3) is 11.1 Å². The van der Waals surface area contributed by atoms with Gasteiger partial charge in [-0.2, -0.15) is 0 Å². The molecule has 1 aliphatic heterocycles. The lowest BCUT2D eigenvalue weighted by Gasteiger charge is -2.11. The molecule has 7 heteroatoms. The molecule has 1 heterocycles. The summed E-state index contributed by atoms with van der Waals surface area (Å²) in [5.41, 5.74) is 2.19. The van der Waals surface area contributed by atoms with E-state index in [1.54, 1.807) is 24.3 Å². The minimum Gasteiger partial charge on any atom is -0.493 e. The number of halogens is 1. The quantitative estimate of drug-likeness (QED) is 0.445. The lowest BCUT2D eigenvalue weighted by atomic mass is 10.1. The molecule has 0 aromatic heterocycles. The Kier molecular flexibility index (Phi) is 6.36. The summed E-state index contributed by atoms with van der Waals surface area (Å²) in [7, 11) is 0. The summed E-state index contributed by atoms with van der Waals surface area (Å²) in [6, 6.07) is 12.5. The summed E-state index contributed by atoms with van der Waals surface area (Å²) < 4.78 is 6.41. The fourth-order valence-corrected chi connectivity index (χ4v) is 3.88. The topological polar surface area (TPSA) is 63.7 Å². The molecule has 0 radical (unpaired) electrons. The van der Waals surface area contributed by atoms with Gasteiger partial charge < -0.3 is 4.74 Å². The highest BCUT2D eigenvalue weighted by Crippen LogP contribution is 2.35. The summed E-state index contributed by atoms with van der Waals surface area (Å²) in [4.78, 5) is 38.7. The van der Waals surface area contributed by atoms with Crippen LogP contribution in [0, 0.1) is 6.92 Å². The molecule has 0 N–H and O–H groups in total. The van der Waals surface area contributed by atoms with E-state index in [0.29, 0.717) is 23.5 Å². The van der Waals surface area contributed by atoms with E-state index >= 15 is 0 Å². The van der Waals surface area contributed by atoms with Gasteiger partial charge in [-0.25, -0.2) is 0 Å². The minimum absolute atomic E-state index is 0.265. The van der Waals surface area contributed by atoms with Crippen molar-refractivity contribution in [3.05, 3.63) is 68.5 Å². The zero-order valence-corrected chi connectivity index (χ0v) is 17.8. The Morgan fingerprint density at radius 2 is 1.89 bits per heavy atom. The molecular formula is C21H18BrNO4S. The summed E-state index contributed by atoms with van der Waals surface area (Å²) in [6.07, 6.45) is 1.62. The van der Waals surface area contributed by atoms with Crippen LogP contribution in [-0.4, -0.2) is 35.0 Å². The Hall–Kier alpha value is -2.38. The molecule has 144 valence electrons. The van der Waals surface area contributed by atoms with Gasteiger partial charge in [0.2, 0.25) is 0 Å². The van der Waals surface area contributed by atoms with Gasteiger partial charge in [-0.3, -0.25) is 19.3 Å². The van der Waals surface area contributed by atoms with E-state index in [2.05, 4.69) is 15.9 Å². The number of imide groups is 1. The highest BCUT2D eigenvalue weighted by atomic mass is 79.9. The van der Waals surface area contributed by atoms with E-state index in [0.717, 1.165) is 26.7 Å². The van der Waals surface area contributed by atoms with Crippen LogP contribution in [0.5, 0.6) is 5.75 Å². The monoisotopic (exact) mass is 459 g/mol. The van der Waals surface area contributed by atoms with Crippen molar-refractivity contribution < 1.29 is 19.1 Å². The molecule has 2 amide bonds. The largest absolute Gasteiger partial charge is 0.493 e. The van der Waals surface area contributed by atoms with Gasteiger partial charge in [0, 0.05) is 15.6 Å². The van der Waals surface area contributed by atoms with Crippen LogP contribution in [-0.2, 0) is 4.79 Å². The van der Waals surface area contributed by atoms with Crippen LogP contribution in [0.4, 0.5) is 4.79 Å². The third kappa shape index (κ3) is 4.54. The number of amides is 2. The summed E-state index contributed by atoms with van der Waals surface area (Å²) in [5.74, 6) is -0.132. The van der Waals surface area contributed by atoms with E-state index in [1.165, 1.54) is 0 Å². The van der Waals surface area contributed by atoms with Crippen LogP contribution >= 0.6 is 27.7 Å². The maximum absolute atomic E-state index is 12.7. The van der Waals surface area contributed by atoms with Gasteiger partial charge in [-0.15, -0.1) is 0 Å². The molecule has 1 fully saturated rings. The van der Waals surface area contributed by atoms with Gasteiger partial charge in [-0.1, -0.05) is 45.8 Å².